The quantitative estimate of drug-likeness (QED) is 0.544. The van der Waals surface area contributed by atoms with Gasteiger partial charge in [-0.1, -0.05) is 12.1 Å². The fourth-order valence-corrected chi connectivity index (χ4v) is 4.56. The van der Waals surface area contributed by atoms with Crippen LogP contribution in [0.4, 0.5) is 0 Å². The Labute approximate surface area is 183 Å². The van der Waals surface area contributed by atoms with Crippen LogP contribution < -0.4 is 4.74 Å². The molecule has 0 amide bonds. The lowest BCUT2D eigenvalue weighted by atomic mass is 9.93. The third-order valence-corrected chi connectivity index (χ3v) is 6.88. The third kappa shape index (κ3) is 4.65. The van der Waals surface area contributed by atoms with E-state index < -0.39 is 0 Å². The molecule has 2 aromatic carbocycles. The first-order valence-corrected chi connectivity index (χ1v) is 11.5. The van der Waals surface area contributed by atoms with Gasteiger partial charge in [0.2, 0.25) is 0 Å². The van der Waals surface area contributed by atoms with Crippen LogP contribution in [0.5, 0.6) is 11.5 Å². The molecule has 2 aromatic rings. The minimum atomic E-state index is 0.351. The summed E-state index contributed by atoms with van der Waals surface area (Å²) in [6.07, 6.45) is 5.32. The Hall–Kier alpha value is -1.92. The maximum atomic E-state index is 6.53. The van der Waals surface area contributed by atoms with Crippen molar-refractivity contribution in [3.8, 4) is 11.5 Å². The highest BCUT2D eigenvalue weighted by Gasteiger charge is 2.31. The molecule has 0 bridgehead atoms. The maximum absolute atomic E-state index is 6.53. The standard InChI is InChI=1S/C26H30O5/c1-15-23(9-21-13-29-21)17(7-19-11-27-19)3-5-25(15)31-26-6-4-18(8-20-12-28-20)24(16(26)2)10-22-14-30-22/h3-6,19-22H,7-14H2,1-2H3. The van der Waals surface area contributed by atoms with E-state index in [0.29, 0.717) is 24.4 Å². The van der Waals surface area contributed by atoms with E-state index in [4.69, 9.17) is 23.7 Å². The first-order valence-electron chi connectivity index (χ1n) is 11.5. The summed E-state index contributed by atoms with van der Waals surface area (Å²) < 4.78 is 28.6. The molecule has 4 aliphatic heterocycles. The van der Waals surface area contributed by atoms with Gasteiger partial charge in [0.05, 0.1) is 50.8 Å². The normalized spacial score (nSPS) is 27.8. The molecular weight excluding hydrogens is 392 g/mol. The van der Waals surface area contributed by atoms with Crippen molar-refractivity contribution in [3.63, 3.8) is 0 Å². The van der Waals surface area contributed by atoms with Gasteiger partial charge >= 0.3 is 0 Å². The van der Waals surface area contributed by atoms with E-state index in [1.165, 1.54) is 33.4 Å². The van der Waals surface area contributed by atoms with Gasteiger partial charge < -0.3 is 23.7 Å². The Balaban J connectivity index is 1.29. The van der Waals surface area contributed by atoms with Gasteiger partial charge in [-0.25, -0.2) is 0 Å². The molecule has 164 valence electrons. The zero-order chi connectivity index (χ0) is 20.9. The smallest absolute Gasteiger partial charge is 0.130 e. The molecule has 0 radical (unpaired) electrons. The number of epoxide rings is 4. The van der Waals surface area contributed by atoms with Crippen molar-refractivity contribution in [2.75, 3.05) is 26.4 Å². The second-order valence-electron chi connectivity index (χ2n) is 9.39. The van der Waals surface area contributed by atoms with Crippen molar-refractivity contribution >= 4 is 0 Å². The molecule has 6 rings (SSSR count). The Morgan fingerprint density at radius 2 is 0.968 bits per heavy atom. The van der Waals surface area contributed by atoms with Gasteiger partial charge in [0.1, 0.15) is 11.5 Å². The lowest BCUT2D eigenvalue weighted by Crippen LogP contribution is -2.08. The Morgan fingerprint density at radius 1 is 0.613 bits per heavy atom. The fraction of sp³-hybridized carbons (Fsp3) is 0.538. The van der Waals surface area contributed by atoms with Crippen molar-refractivity contribution in [2.24, 2.45) is 0 Å². The highest BCUT2D eigenvalue weighted by atomic mass is 16.6. The van der Waals surface area contributed by atoms with Crippen molar-refractivity contribution < 1.29 is 23.7 Å². The van der Waals surface area contributed by atoms with Crippen molar-refractivity contribution in [3.05, 3.63) is 57.6 Å². The fourth-order valence-electron chi connectivity index (χ4n) is 4.56. The second-order valence-corrected chi connectivity index (χ2v) is 9.39. The lowest BCUT2D eigenvalue weighted by molar-refractivity contribution is 0.399. The summed E-state index contributed by atoms with van der Waals surface area (Å²) in [5.74, 6) is 1.87. The molecule has 4 atom stereocenters. The molecule has 0 saturated carbocycles. The van der Waals surface area contributed by atoms with Gasteiger partial charge in [-0.3, -0.25) is 0 Å². The second kappa shape index (κ2) is 7.89. The molecule has 0 aliphatic carbocycles. The molecule has 5 heteroatoms. The highest BCUT2D eigenvalue weighted by Crippen LogP contribution is 2.37. The minimum absolute atomic E-state index is 0.351. The van der Waals surface area contributed by atoms with E-state index in [1.807, 2.05) is 0 Å². The minimum Gasteiger partial charge on any atom is -0.457 e. The van der Waals surface area contributed by atoms with E-state index in [0.717, 1.165) is 63.6 Å². The first kappa shape index (κ1) is 19.7. The maximum Gasteiger partial charge on any atom is 0.130 e. The van der Waals surface area contributed by atoms with E-state index in [1.54, 1.807) is 0 Å². The average Bonchev–Trinajstić information content (AvgIpc) is 3.60. The number of benzene rings is 2. The Bertz CT molecular complexity index is 904. The average molecular weight is 423 g/mol. The third-order valence-electron chi connectivity index (χ3n) is 6.88. The van der Waals surface area contributed by atoms with Crippen LogP contribution in [0.15, 0.2) is 24.3 Å². The molecular formula is C26H30O5. The monoisotopic (exact) mass is 422 g/mol. The zero-order valence-electron chi connectivity index (χ0n) is 18.3. The van der Waals surface area contributed by atoms with Crippen LogP contribution in [0.3, 0.4) is 0 Å². The zero-order valence-corrected chi connectivity index (χ0v) is 18.3. The van der Waals surface area contributed by atoms with Crippen LogP contribution in [0.2, 0.25) is 0 Å². The summed E-state index contributed by atoms with van der Waals surface area (Å²) in [4.78, 5) is 0. The van der Waals surface area contributed by atoms with Crippen LogP contribution in [0.1, 0.15) is 33.4 Å². The molecule has 4 fully saturated rings. The van der Waals surface area contributed by atoms with E-state index in [2.05, 4.69) is 38.1 Å². The molecule has 4 heterocycles. The SMILES string of the molecule is Cc1c(Oc2ccc(CC3CO3)c(CC3CO3)c2C)ccc(CC2CO2)c1CC1CO1. The van der Waals surface area contributed by atoms with Gasteiger partial charge in [-0.05, 0) is 59.4 Å². The van der Waals surface area contributed by atoms with Gasteiger partial charge in [0.25, 0.3) is 0 Å². The summed E-state index contributed by atoms with van der Waals surface area (Å²) >= 11 is 0. The Kier molecular flexibility index (Phi) is 5.03. The van der Waals surface area contributed by atoms with Gasteiger partial charge in [-0.2, -0.15) is 0 Å². The van der Waals surface area contributed by atoms with Gasteiger partial charge in [-0.15, -0.1) is 0 Å². The predicted molar refractivity (Wildman–Crippen MR) is 116 cm³/mol. The van der Waals surface area contributed by atoms with Crippen molar-refractivity contribution in [1.82, 2.24) is 0 Å². The highest BCUT2D eigenvalue weighted by molar-refractivity contribution is 5.51. The van der Waals surface area contributed by atoms with Crippen LogP contribution in [0, 0.1) is 13.8 Å². The molecule has 4 aliphatic rings. The molecule has 0 N–H and O–H groups in total. The van der Waals surface area contributed by atoms with E-state index in [-0.39, 0.29) is 0 Å². The topological polar surface area (TPSA) is 59.4 Å². The molecule has 4 saturated heterocycles. The van der Waals surface area contributed by atoms with Crippen molar-refractivity contribution in [2.45, 2.75) is 63.9 Å². The van der Waals surface area contributed by atoms with Gasteiger partial charge in [0.15, 0.2) is 0 Å². The van der Waals surface area contributed by atoms with E-state index in [9.17, 15) is 0 Å². The molecule has 5 nitrogen and oxygen atoms in total. The molecule has 4 unspecified atom stereocenters. The largest absolute Gasteiger partial charge is 0.457 e. The number of ether oxygens (including phenoxy) is 5. The summed E-state index contributed by atoms with van der Waals surface area (Å²) in [7, 11) is 0. The summed E-state index contributed by atoms with van der Waals surface area (Å²) in [6.45, 7) is 7.83. The van der Waals surface area contributed by atoms with Crippen LogP contribution in [0.25, 0.3) is 0 Å². The Morgan fingerprint density at radius 3 is 1.32 bits per heavy atom. The summed E-state index contributed by atoms with van der Waals surface area (Å²) in [5.41, 5.74) is 7.90. The first-order chi connectivity index (χ1) is 15.1. The lowest BCUT2D eigenvalue weighted by Gasteiger charge is -2.19. The number of hydrogen-bond acceptors (Lipinski definition) is 5. The summed E-state index contributed by atoms with van der Waals surface area (Å²) in [5, 5.41) is 0. The number of rotatable bonds is 10. The molecule has 31 heavy (non-hydrogen) atoms. The van der Waals surface area contributed by atoms with Gasteiger partial charge in [0, 0.05) is 25.7 Å². The van der Waals surface area contributed by atoms with E-state index >= 15 is 0 Å². The molecule has 0 spiro atoms. The van der Waals surface area contributed by atoms with Crippen LogP contribution >= 0.6 is 0 Å². The number of hydrogen-bond donors (Lipinski definition) is 0. The summed E-state index contributed by atoms with van der Waals surface area (Å²) in [6, 6.07) is 8.68. The predicted octanol–water partition coefficient (Wildman–Crippen LogP) is 3.86. The van der Waals surface area contributed by atoms with Crippen LogP contribution in [-0.4, -0.2) is 50.8 Å². The molecule has 0 aromatic heterocycles. The van der Waals surface area contributed by atoms with Crippen LogP contribution in [-0.2, 0) is 44.6 Å². The van der Waals surface area contributed by atoms with Crippen molar-refractivity contribution in [1.29, 1.82) is 0 Å².